The lowest BCUT2D eigenvalue weighted by molar-refractivity contribution is 0.245. The first kappa shape index (κ1) is 15.9. The van der Waals surface area contributed by atoms with Gasteiger partial charge >= 0.3 is 0 Å². The van der Waals surface area contributed by atoms with E-state index in [-0.39, 0.29) is 0 Å². The van der Waals surface area contributed by atoms with Crippen LogP contribution in [0.1, 0.15) is 12.0 Å². The molecule has 0 bridgehead atoms. The molecular weight excluding hydrogens is 330 g/mol. The van der Waals surface area contributed by atoms with Crippen LogP contribution in [0.4, 0.5) is 0 Å². The Morgan fingerprint density at radius 2 is 1.71 bits per heavy atom. The molecule has 0 amide bonds. The molecule has 0 unspecified atom stereocenters. The molecule has 3 nitrogen and oxygen atoms in total. The maximum Gasteiger partial charge on any atom is 0.137 e. The minimum absolute atomic E-state index is 0.631. The van der Waals surface area contributed by atoms with Crippen LogP contribution in [0, 0.1) is 0 Å². The van der Waals surface area contributed by atoms with Crippen LogP contribution in [0.3, 0.4) is 0 Å². The number of nitrogens with one attached hydrogen (secondary N) is 1. The van der Waals surface area contributed by atoms with Crippen molar-refractivity contribution >= 4 is 15.9 Å². The fourth-order valence-corrected chi connectivity index (χ4v) is 2.51. The van der Waals surface area contributed by atoms with Gasteiger partial charge in [-0.2, -0.15) is 0 Å². The maximum atomic E-state index is 5.89. The Morgan fingerprint density at radius 3 is 2.48 bits per heavy atom. The van der Waals surface area contributed by atoms with E-state index in [9.17, 15) is 0 Å². The van der Waals surface area contributed by atoms with E-state index in [2.05, 4.69) is 27.3 Å². The van der Waals surface area contributed by atoms with E-state index in [1.54, 1.807) is 0 Å². The van der Waals surface area contributed by atoms with Gasteiger partial charge in [0.05, 0.1) is 17.7 Å². The highest BCUT2D eigenvalue weighted by Gasteiger charge is 2.07. The Kier molecular flexibility index (Phi) is 6.57. The van der Waals surface area contributed by atoms with Crippen LogP contribution in [-0.2, 0) is 6.54 Å². The average Bonchev–Trinajstić information content (AvgIpc) is 2.51. The van der Waals surface area contributed by atoms with Crippen molar-refractivity contribution in [1.82, 2.24) is 5.32 Å². The molecule has 112 valence electrons. The molecule has 2 rings (SSSR count). The zero-order valence-corrected chi connectivity index (χ0v) is 13.7. The minimum Gasteiger partial charge on any atom is -0.493 e. The van der Waals surface area contributed by atoms with Gasteiger partial charge in [-0.25, -0.2) is 0 Å². The van der Waals surface area contributed by atoms with E-state index in [1.807, 2.05) is 49.5 Å². The standard InChI is InChI=1S/C17H20BrNO2/c1-19-13-14-7-5-10-16(18)17(14)21-12-6-11-20-15-8-3-2-4-9-15/h2-5,7-10,19H,6,11-13H2,1H3. The summed E-state index contributed by atoms with van der Waals surface area (Å²) < 4.78 is 12.5. The molecule has 0 spiro atoms. The number of hydrogen-bond donors (Lipinski definition) is 1. The molecule has 0 atom stereocenters. The van der Waals surface area contributed by atoms with Crippen LogP contribution in [0.2, 0.25) is 0 Å². The molecule has 0 aromatic heterocycles. The van der Waals surface area contributed by atoms with Crippen molar-refractivity contribution in [3.63, 3.8) is 0 Å². The Bertz CT molecular complexity index is 546. The zero-order chi connectivity index (χ0) is 14.9. The molecule has 1 N–H and O–H groups in total. The van der Waals surface area contributed by atoms with Gasteiger partial charge in [0, 0.05) is 18.5 Å². The van der Waals surface area contributed by atoms with Crippen LogP contribution >= 0.6 is 15.9 Å². The molecule has 0 radical (unpaired) electrons. The van der Waals surface area contributed by atoms with Crippen molar-refractivity contribution in [3.8, 4) is 11.5 Å². The molecule has 4 heteroatoms. The fraction of sp³-hybridized carbons (Fsp3) is 0.294. The molecular formula is C17H20BrNO2. The number of halogens is 1. The predicted molar refractivity (Wildman–Crippen MR) is 89.0 cm³/mol. The largest absolute Gasteiger partial charge is 0.493 e. The van der Waals surface area contributed by atoms with Crippen molar-refractivity contribution in [2.75, 3.05) is 20.3 Å². The highest BCUT2D eigenvalue weighted by Crippen LogP contribution is 2.29. The van der Waals surface area contributed by atoms with Gasteiger partial charge in [0.2, 0.25) is 0 Å². The first-order valence-corrected chi connectivity index (χ1v) is 7.83. The minimum atomic E-state index is 0.631. The van der Waals surface area contributed by atoms with Gasteiger partial charge in [-0.1, -0.05) is 30.3 Å². The van der Waals surface area contributed by atoms with Gasteiger partial charge in [0.1, 0.15) is 11.5 Å². The highest BCUT2D eigenvalue weighted by atomic mass is 79.9. The molecule has 0 saturated carbocycles. The molecule has 0 aliphatic carbocycles. The summed E-state index contributed by atoms with van der Waals surface area (Å²) in [4.78, 5) is 0. The normalized spacial score (nSPS) is 10.4. The summed E-state index contributed by atoms with van der Waals surface area (Å²) in [6.45, 7) is 2.07. The summed E-state index contributed by atoms with van der Waals surface area (Å²) in [5, 5.41) is 3.15. The first-order chi connectivity index (χ1) is 10.3. The number of rotatable bonds is 8. The number of hydrogen-bond acceptors (Lipinski definition) is 3. The number of benzene rings is 2. The summed E-state index contributed by atoms with van der Waals surface area (Å²) in [6, 6.07) is 15.9. The molecule has 0 fully saturated rings. The third kappa shape index (κ3) is 5.06. The summed E-state index contributed by atoms with van der Waals surface area (Å²) in [7, 11) is 1.93. The molecule has 2 aromatic carbocycles. The van der Waals surface area contributed by atoms with Crippen LogP contribution < -0.4 is 14.8 Å². The third-order valence-corrected chi connectivity index (χ3v) is 3.59. The number of para-hydroxylation sites is 2. The van der Waals surface area contributed by atoms with Gasteiger partial charge < -0.3 is 14.8 Å². The Labute approximate surface area is 134 Å². The third-order valence-electron chi connectivity index (χ3n) is 2.96. The lowest BCUT2D eigenvalue weighted by Gasteiger charge is -2.13. The summed E-state index contributed by atoms with van der Waals surface area (Å²) in [6.07, 6.45) is 0.842. The maximum absolute atomic E-state index is 5.89. The van der Waals surface area contributed by atoms with E-state index in [0.717, 1.165) is 34.5 Å². The van der Waals surface area contributed by atoms with E-state index >= 15 is 0 Å². The average molecular weight is 350 g/mol. The predicted octanol–water partition coefficient (Wildman–Crippen LogP) is 4.02. The van der Waals surface area contributed by atoms with Gasteiger partial charge in [-0.15, -0.1) is 0 Å². The Morgan fingerprint density at radius 1 is 0.952 bits per heavy atom. The monoisotopic (exact) mass is 349 g/mol. The molecule has 0 aliphatic heterocycles. The fourth-order valence-electron chi connectivity index (χ4n) is 1.98. The Hall–Kier alpha value is -1.52. The second-order valence-electron chi connectivity index (χ2n) is 4.62. The smallest absolute Gasteiger partial charge is 0.137 e. The van der Waals surface area contributed by atoms with Crippen molar-refractivity contribution in [2.24, 2.45) is 0 Å². The second kappa shape index (κ2) is 8.70. The van der Waals surface area contributed by atoms with Gasteiger partial charge in [-0.05, 0) is 41.2 Å². The van der Waals surface area contributed by atoms with E-state index in [4.69, 9.17) is 9.47 Å². The van der Waals surface area contributed by atoms with E-state index in [1.165, 1.54) is 0 Å². The highest BCUT2D eigenvalue weighted by molar-refractivity contribution is 9.10. The van der Waals surface area contributed by atoms with Crippen molar-refractivity contribution < 1.29 is 9.47 Å². The molecule has 0 aliphatic rings. The molecule has 21 heavy (non-hydrogen) atoms. The van der Waals surface area contributed by atoms with Crippen LogP contribution in [0.15, 0.2) is 53.0 Å². The molecule has 0 heterocycles. The van der Waals surface area contributed by atoms with E-state index < -0.39 is 0 Å². The van der Waals surface area contributed by atoms with Gasteiger partial charge in [0.15, 0.2) is 0 Å². The summed E-state index contributed by atoms with van der Waals surface area (Å²) in [5.74, 6) is 1.81. The SMILES string of the molecule is CNCc1cccc(Br)c1OCCCOc1ccccc1. The van der Waals surface area contributed by atoms with E-state index in [0.29, 0.717) is 13.2 Å². The zero-order valence-electron chi connectivity index (χ0n) is 12.1. The van der Waals surface area contributed by atoms with Crippen molar-refractivity contribution in [2.45, 2.75) is 13.0 Å². The van der Waals surface area contributed by atoms with Crippen molar-refractivity contribution in [1.29, 1.82) is 0 Å². The van der Waals surface area contributed by atoms with Gasteiger partial charge in [0.25, 0.3) is 0 Å². The van der Waals surface area contributed by atoms with Crippen molar-refractivity contribution in [3.05, 3.63) is 58.6 Å². The van der Waals surface area contributed by atoms with Crippen LogP contribution in [0.5, 0.6) is 11.5 Å². The number of ether oxygens (including phenoxy) is 2. The lowest BCUT2D eigenvalue weighted by atomic mass is 10.2. The summed E-state index contributed by atoms with van der Waals surface area (Å²) in [5.41, 5.74) is 1.15. The topological polar surface area (TPSA) is 30.5 Å². The summed E-state index contributed by atoms with van der Waals surface area (Å²) >= 11 is 3.54. The molecule has 2 aromatic rings. The molecule has 0 saturated heterocycles. The Balaban J connectivity index is 1.78. The second-order valence-corrected chi connectivity index (χ2v) is 5.48. The quantitative estimate of drug-likeness (QED) is 0.730. The van der Waals surface area contributed by atoms with Crippen LogP contribution in [0.25, 0.3) is 0 Å². The first-order valence-electron chi connectivity index (χ1n) is 7.04. The lowest BCUT2D eigenvalue weighted by Crippen LogP contribution is -2.10. The van der Waals surface area contributed by atoms with Gasteiger partial charge in [-0.3, -0.25) is 0 Å². The van der Waals surface area contributed by atoms with Crippen LogP contribution in [-0.4, -0.2) is 20.3 Å².